The minimum Gasteiger partial charge on any atom is -0.348 e. The number of carbonyl (C=O) groups is 2. The molecule has 184 valence electrons. The molecular weight excluding hydrogens is 476 g/mol. The van der Waals surface area contributed by atoms with Crippen LogP contribution in [0.25, 0.3) is 0 Å². The van der Waals surface area contributed by atoms with E-state index in [1.165, 1.54) is 0 Å². The average Bonchev–Trinajstić information content (AvgIpc) is 2.82. The van der Waals surface area contributed by atoms with Crippen LogP contribution in [0.5, 0.6) is 0 Å². The summed E-state index contributed by atoms with van der Waals surface area (Å²) in [5, 5.41) is 5.49. The number of para-hydroxylation sites is 1. The fourth-order valence-corrected chi connectivity index (χ4v) is 4.34. The molecule has 0 saturated carbocycles. The molecule has 0 aliphatic carbocycles. The quantitative estimate of drug-likeness (QED) is 0.438. The summed E-state index contributed by atoms with van der Waals surface area (Å²) in [5.74, 6) is -3.04. The number of hydrogen-bond donors (Lipinski definition) is 2. The van der Waals surface area contributed by atoms with Crippen LogP contribution in [0.4, 0.5) is 20.2 Å². The molecule has 0 aliphatic rings. The summed E-state index contributed by atoms with van der Waals surface area (Å²) in [6.07, 6.45) is 0.995. The Morgan fingerprint density at radius 1 is 0.914 bits per heavy atom. The van der Waals surface area contributed by atoms with Crippen molar-refractivity contribution in [2.24, 2.45) is 0 Å². The second-order valence-electron chi connectivity index (χ2n) is 7.80. The van der Waals surface area contributed by atoms with Gasteiger partial charge in [-0.15, -0.1) is 0 Å². The molecule has 0 fully saturated rings. The topological polar surface area (TPSA) is 95.6 Å². The van der Waals surface area contributed by atoms with Crippen molar-refractivity contribution < 1.29 is 26.8 Å². The first-order chi connectivity index (χ1) is 16.6. The van der Waals surface area contributed by atoms with Gasteiger partial charge in [-0.1, -0.05) is 42.5 Å². The molecule has 0 spiro atoms. The van der Waals surface area contributed by atoms with Crippen LogP contribution in [-0.4, -0.2) is 33.0 Å². The van der Waals surface area contributed by atoms with Crippen molar-refractivity contribution in [1.29, 1.82) is 0 Å². The normalized spacial score (nSPS) is 11.1. The largest absolute Gasteiger partial charge is 0.348 e. The number of carbonyl (C=O) groups excluding carboxylic acids is 2. The van der Waals surface area contributed by atoms with Crippen LogP contribution < -0.4 is 14.9 Å². The SMILES string of the molecule is CS(=O)(=O)N(CCCC(=O)Nc1ccccc1C(=O)NCc1ccccc1)c1ccc(F)c(F)c1. The summed E-state index contributed by atoms with van der Waals surface area (Å²) < 4.78 is 52.0. The third-order valence-electron chi connectivity index (χ3n) is 5.10. The molecule has 0 saturated heterocycles. The second-order valence-corrected chi connectivity index (χ2v) is 9.71. The van der Waals surface area contributed by atoms with Crippen molar-refractivity contribution in [3.63, 3.8) is 0 Å². The van der Waals surface area contributed by atoms with Gasteiger partial charge in [-0.25, -0.2) is 17.2 Å². The molecule has 0 unspecified atom stereocenters. The highest BCUT2D eigenvalue weighted by Crippen LogP contribution is 2.21. The number of halogens is 2. The minimum absolute atomic E-state index is 0.0350. The fraction of sp³-hybridized carbons (Fsp3) is 0.200. The van der Waals surface area contributed by atoms with Gasteiger partial charge in [0, 0.05) is 25.6 Å². The summed E-state index contributed by atoms with van der Waals surface area (Å²) >= 11 is 0. The third-order valence-corrected chi connectivity index (χ3v) is 6.29. The molecule has 2 N–H and O–H groups in total. The summed E-state index contributed by atoms with van der Waals surface area (Å²) in [6.45, 7) is 0.212. The van der Waals surface area contributed by atoms with Gasteiger partial charge in [0.05, 0.1) is 23.2 Å². The van der Waals surface area contributed by atoms with Gasteiger partial charge in [0.15, 0.2) is 11.6 Å². The van der Waals surface area contributed by atoms with E-state index in [4.69, 9.17) is 0 Å². The van der Waals surface area contributed by atoms with Gasteiger partial charge >= 0.3 is 0 Å². The molecule has 0 radical (unpaired) electrons. The molecule has 2 amide bonds. The maximum absolute atomic E-state index is 13.6. The number of hydrogen-bond acceptors (Lipinski definition) is 4. The van der Waals surface area contributed by atoms with E-state index in [0.29, 0.717) is 12.2 Å². The van der Waals surface area contributed by atoms with Crippen LogP contribution in [0.1, 0.15) is 28.8 Å². The van der Waals surface area contributed by atoms with Gasteiger partial charge in [-0.3, -0.25) is 13.9 Å². The zero-order valence-electron chi connectivity index (χ0n) is 19.0. The molecule has 0 heterocycles. The molecule has 3 rings (SSSR count). The van der Waals surface area contributed by atoms with Gasteiger partial charge in [0.25, 0.3) is 5.91 Å². The number of benzene rings is 3. The van der Waals surface area contributed by atoms with E-state index in [9.17, 15) is 26.8 Å². The predicted molar refractivity (Wildman–Crippen MR) is 130 cm³/mol. The lowest BCUT2D eigenvalue weighted by atomic mass is 10.1. The van der Waals surface area contributed by atoms with Crippen molar-refractivity contribution in [2.45, 2.75) is 19.4 Å². The van der Waals surface area contributed by atoms with Gasteiger partial charge < -0.3 is 10.6 Å². The number of nitrogens with zero attached hydrogens (tertiary/aromatic N) is 1. The lowest BCUT2D eigenvalue weighted by Gasteiger charge is -2.22. The fourth-order valence-electron chi connectivity index (χ4n) is 3.39. The minimum atomic E-state index is -3.79. The molecule has 3 aromatic rings. The van der Waals surface area contributed by atoms with Crippen molar-refractivity contribution >= 4 is 33.2 Å². The van der Waals surface area contributed by atoms with Crippen LogP contribution in [0.15, 0.2) is 72.8 Å². The Morgan fingerprint density at radius 2 is 1.60 bits per heavy atom. The van der Waals surface area contributed by atoms with Crippen molar-refractivity contribution in [3.05, 3.63) is 95.6 Å². The van der Waals surface area contributed by atoms with E-state index in [1.54, 1.807) is 24.3 Å². The Bertz CT molecular complexity index is 1300. The van der Waals surface area contributed by atoms with E-state index < -0.39 is 27.6 Å². The number of amides is 2. The summed E-state index contributed by atoms with van der Waals surface area (Å²) in [6, 6.07) is 18.7. The summed E-state index contributed by atoms with van der Waals surface area (Å²) in [7, 11) is -3.79. The lowest BCUT2D eigenvalue weighted by molar-refractivity contribution is -0.116. The average molecular weight is 502 g/mol. The highest BCUT2D eigenvalue weighted by atomic mass is 32.2. The Hall–Kier alpha value is -3.79. The van der Waals surface area contributed by atoms with Gasteiger partial charge in [0.1, 0.15) is 0 Å². The van der Waals surface area contributed by atoms with Gasteiger partial charge in [0.2, 0.25) is 15.9 Å². The molecule has 0 aliphatic heterocycles. The van der Waals surface area contributed by atoms with E-state index in [0.717, 1.165) is 34.3 Å². The Kier molecular flexibility index (Phi) is 8.53. The van der Waals surface area contributed by atoms with Crippen LogP contribution in [-0.2, 0) is 21.4 Å². The van der Waals surface area contributed by atoms with E-state index in [-0.39, 0.29) is 36.5 Å². The van der Waals surface area contributed by atoms with Crippen LogP contribution in [0.2, 0.25) is 0 Å². The molecule has 0 atom stereocenters. The molecule has 3 aromatic carbocycles. The first-order valence-electron chi connectivity index (χ1n) is 10.8. The number of nitrogens with one attached hydrogen (secondary N) is 2. The smallest absolute Gasteiger partial charge is 0.253 e. The first-order valence-corrected chi connectivity index (χ1v) is 12.6. The standard InChI is InChI=1S/C25H25F2N3O4S/c1-35(33,34)30(19-13-14-21(26)22(27)16-19)15-7-12-24(31)29-23-11-6-5-10-20(23)25(32)28-17-18-8-3-2-4-9-18/h2-6,8-11,13-14,16H,7,12,15,17H2,1H3,(H,28,32)(H,29,31). The van der Waals surface area contributed by atoms with Crippen molar-refractivity contribution in [2.75, 3.05) is 22.4 Å². The van der Waals surface area contributed by atoms with E-state index in [2.05, 4.69) is 10.6 Å². The third kappa shape index (κ3) is 7.35. The number of rotatable bonds is 10. The molecule has 7 nitrogen and oxygen atoms in total. The molecule has 0 bridgehead atoms. The molecule has 35 heavy (non-hydrogen) atoms. The maximum Gasteiger partial charge on any atom is 0.253 e. The summed E-state index contributed by atoms with van der Waals surface area (Å²) in [4.78, 5) is 25.2. The zero-order chi connectivity index (χ0) is 25.4. The highest BCUT2D eigenvalue weighted by Gasteiger charge is 2.20. The van der Waals surface area contributed by atoms with Crippen LogP contribution in [0, 0.1) is 11.6 Å². The van der Waals surface area contributed by atoms with E-state index in [1.807, 2.05) is 30.3 Å². The van der Waals surface area contributed by atoms with Crippen molar-refractivity contribution in [3.8, 4) is 0 Å². The Morgan fingerprint density at radius 3 is 2.29 bits per heavy atom. The molecular formula is C25H25F2N3O4S. The Balaban J connectivity index is 1.60. The number of sulfonamides is 1. The summed E-state index contributed by atoms with van der Waals surface area (Å²) in [5.41, 5.74) is 1.51. The predicted octanol–water partition coefficient (Wildman–Crippen LogP) is 4.08. The lowest BCUT2D eigenvalue weighted by Crippen LogP contribution is -2.31. The zero-order valence-corrected chi connectivity index (χ0v) is 19.8. The molecule has 0 aromatic heterocycles. The van der Waals surface area contributed by atoms with Crippen molar-refractivity contribution in [1.82, 2.24) is 5.32 Å². The molecule has 10 heteroatoms. The highest BCUT2D eigenvalue weighted by molar-refractivity contribution is 7.92. The van der Waals surface area contributed by atoms with Gasteiger partial charge in [-0.2, -0.15) is 0 Å². The van der Waals surface area contributed by atoms with Gasteiger partial charge in [-0.05, 0) is 36.2 Å². The number of anilines is 2. The monoisotopic (exact) mass is 501 g/mol. The van der Waals surface area contributed by atoms with Crippen LogP contribution >= 0.6 is 0 Å². The maximum atomic E-state index is 13.6. The Labute approximate surface area is 202 Å². The van der Waals surface area contributed by atoms with Crippen LogP contribution in [0.3, 0.4) is 0 Å². The van der Waals surface area contributed by atoms with E-state index >= 15 is 0 Å². The first kappa shape index (κ1) is 25.8. The second kappa shape index (κ2) is 11.6.